The third kappa shape index (κ3) is 2.21. The van der Waals surface area contributed by atoms with E-state index in [9.17, 15) is 4.39 Å². The molecule has 1 aromatic carbocycles. The summed E-state index contributed by atoms with van der Waals surface area (Å²) in [6, 6.07) is 5.41. The molecule has 0 bridgehead atoms. The molecule has 1 atom stereocenters. The maximum Gasteiger partial charge on any atom is 0.128 e. The van der Waals surface area contributed by atoms with E-state index in [1.165, 1.54) is 16.9 Å². The standard InChI is InChI=1S/C16H18FNS/c1-9-6-10(2)15(12(17)7-9)16(18)14-8-11-4-3-5-13(11)19-14/h6-8,16H,3-5,18H2,1-2H3. The summed E-state index contributed by atoms with van der Waals surface area (Å²) in [4.78, 5) is 2.53. The molecule has 1 aliphatic carbocycles. The Morgan fingerprint density at radius 1 is 1.21 bits per heavy atom. The van der Waals surface area contributed by atoms with Crippen LogP contribution in [0.15, 0.2) is 18.2 Å². The first-order valence-electron chi connectivity index (χ1n) is 6.70. The van der Waals surface area contributed by atoms with Gasteiger partial charge in [-0.3, -0.25) is 0 Å². The van der Waals surface area contributed by atoms with Crippen molar-refractivity contribution in [2.75, 3.05) is 0 Å². The average molecular weight is 275 g/mol. The van der Waals surface area contributed by atoms with Crippen LogP contribution in [0.3, 0.4) is 0 Å². The molecule has 0 spiro atoms. The lowest BCUT2D eigenvalue weighted by atomic mass is 9.97. The molecule has 0 fully saturated rings. The molecule has 0 aliphatic heterocycles. The molecule has 1 heterocycles. The Morgan fingerprint density at radius 3 is 2.68 bits per heavy atom. The Labute approximate surface area is 117 Å². The maximum absolute atomic E-state index is 14.2. The number of nitrogens with two attached hydrogens (primary N) is 1. The normalized spacial score (nSPS) is 15.6. The minimum absolute atomic E-state index is 0.182. The van der Waals surface area contributed by atoms with Gasteiger partial charge in [-0.2, -0.15) is 0 Å². The second-order valence-corrected chi connectivity index (χ2v) is 6.57. The van der Waals surface area contributed by atoms with Crippen molar-refractivity contribution in [3.05, 3.63) is 56.0 Å². The molecule has 0 radical (unpaired) electrons. The number of aryl methyl sites for hydroxylation is 4. The van der Waals surface area contributed by atoms with Crippen LogP contribution in [0.2, 0.25) is 0 Å². The van der Waals surface area contributed by atoms with Gasteiger partial charge in [-0.25, -0.2) is 4.39 Å². The van der Waals surface area contributed by atoms with Gasteiger partial charge in [0, 0.05) is 15.3 Å². The minimum Gasteiger partial charge on any atom is -0.320 e. The number of fused-ring (bicyclic) bond motifs is 1. The van der Waals surface area contributed by atoms with Crippen molar-refractivity contribution in [3.8, 4) is 0 Å². The van der Waals surface area contributed by atoms with Gasteiger partial charge in [-0.05, 0) is 61.9 Å². The zero-order valence-corrected chi connectivity index (χ0v) is 12.1. The summed E-state index contributed by atoms with van der Waals surface area (Å²) in [5.41, 5.74) is 10.2. The lowest BCUT2D eigenvalue weighted by Crippen LogP contribution is -2.14. The van der Waals surface area contributed by atoms with Crippen molar-refractivity contribution in [3.63, 3.8) is 0 Å². The van der Waals surface area contributed by atoms with Gasteiger partial charge in [0.1, 0.15) is 5.82 Å². The Kier molecular flexibility index (Phi) is 3.19. The first kappa shape index (κ1) is 12.8. The summed E-state index contributed by atoms with van der Waals surface area (Å²) in [5, 5.41) is 0. The molecule has 0 saturated heterocycles. The van der Waals surface area contributed by atoms with Gasteiger partial charge in [0.05, 0.1) is 6.04 Å². The van der Waals surface area contributed by atoms with Gasteiger partial charge >= 0.3 is 0 Å². The molecule has 1 aliphatic rings. The van der Waals surface area contributed by atoms with Crippen LogP contribution in [0, 0.1) is 19.7 Å². The van der Waals surface area contributed by atoms with Crippen molar-refractivity contribution in [2.24, 2.45) is 5.73 Å². The molecule has 19 heavy (non-hydrogen) atoms. The van der Waals surface area contributed by atoms with Gasteiger partial charge in [-0.15, -0.1) is 11.3 Å². The van der Waals surface area contributed by atoms with Crippen LogP contribution in [-0.4, -0.2) is 0 Å². The zero-order chi connectivity index (χ0) is 13.6. The molecule has 100 valence electrons. The van der Waals surface area contributed by atoms with Crippen LogP contribution in [0.5, 0.6) is 0 Å². The van der Waals surface area contributed by atoms with Crippen LogP contribution < -0.4 is 5.73 Å². The van der Waals surface area contributed by atoms with Crippen molar-refractivity contribution in [1.82, 2.24) is 0 Å². The van der Waals surface area contributed by atoms with E-state index in [1.807, 2.05) is 19.9 Å². The van der Waals surface area contributed by atoms with E-state index in [1.54, 1.807) is 17.4 Å². The van der Waals surface area contributed by atoms with Crippen LogP contribution in [0.25, 0.3) is 0 Å². The van der Waals surface area contributed by atoms with E-state index in [2.05, 4.69) is 6.07 Å². The molecule has 1 aromatic heterocycles. The van der Waals surface area contributed by atoms with Gasteiger partial charge in [-0.1, -0.05) is 6.07 Å². The van der Waals surface area contributed by atoms with E-state index in [-0.39, 0.29) is 11.9 Å². The Bertz CT molecular complexity index is 585. The summed E-state index contributed by atoms with van der Waals surface area (Å²) in [7, 11) is 0. The first-order valence-corrected chi connectivity index (χ1v) is 7.51. The molecule has 2 N–H and O–H groups in total. The smallest absolute Gasteiger partial charge is 0.128 e. The van der Waals surface area contributed by atoms with Gasteiger partial charge in [0.2, 0.25) is 0 Å². The highest BCUT2D eigenvalue weighted by atomic mass is 32.1. The summed E-state index contributed by atoms with van der Waals surface area (Å²) in [6.07, 6.45) is 3.55. The maximum atomic E-state index is 14.2. The van der Waals surface area contributed by atoms with Crippen LogP contribution >= 0.6 is 11.3 Å². The van der Waals surface area contributed by atoms with Crippen molar-refractivity contribution >= 4 is 11.3 Å². The van der Waals surface area contributed by atoms with Crippen molar-refractivity contribution in [2.45, 2.75) is 39.2 Å². The van der Waals surface area contributed by atoms with Gasteiger partial charge in [0.15, 0.2) is 0 Å². The molecule has 1 nitrogen and oxygen atoms in total. The predicted octanol–water partition coefficient (Wildman–Crippen LogP) is 4.04. The third-order valence-electron chi connectivity index (χ3n) is 3.86. The van der Waals surface area contributed by atoms with Crippen LogP contribution in [0.1, 0.15) is 44.5 Å². The number of benzene rings is 1. The summed E-state index contributed by atoms with van der Waals surface area (Å²) >= 11 is 1.75. The zero-order valence-electron chi connectivity index (χ0n) is 11.3. The number of rotatable bonds is 2. The topological polar surface area (TPSA) is 26.0 Å². The van der Waals surface area contributed by atoms with Gasteiger partial charge in [0.25, 0.3) is 0 Å². The van der Waals surface area contributed by atoms with Crippen molar-refractivity contribution < 1.29 is 4.39 Å². The average Bonchev–Trinajstić information content (AvgIpc) is 2.86. The number of halogens is 1. The summed E-state index contributed by atoms with van der Waals surface area (Å²) < 4.78 is 14.2. The number of hydrogen-bond acceptors (Lipinski definition) is 2. The minimum atomic E-state index is -0.337. The molecule has 3 heteroatoms. The van der Waals surface area contributed by atoms with E-state index in [0.717, 1.165) is 28.8 Å². The fraction of sp³-hybridized carbons (Fsp3) is 0.375. The fourth-order valence-corrected chi connectivity index (χ4v) is 4.24. The highest BCUT2D eigenvalue weighted by molar-refractivity contribution is 7.12. The Balaban J connectivity index is 2.01. The summed E-state index contributed by atoms with van der Waals surface area (Å²) in [6.45, 7) is 3.84. The van der Waals surface area contributed by atoms with E-state index < -0.39 is 0 Å². The monoisotopic (exact) mass is 275 g/mol. The molecule has 0 amide bonds. The predicted molar refractivity (Wildman–Crippen MR) is 78.2 cm³/mol. The molecular formula is C16H18FNS. The Hall–Kier alpha value is -1.19. The largest absolute Gasteiger partial charge is 0.320 e. The van der Waals surface area contributed by atoms with Crippen molar-refractivity contribution in [1.29, 1.82) is 0 Å². The third-order valence-corrected chi connectivity index (χ3v) is 5.18. The quantitative estimate of drug-likeness (QED) is 0.879. The lowest BCUT2D eigenvalue weighted by Gasteiger charge is -2.15. The molecule has 3 rings (SSSR count). The molecule has 2 aromatic rings. The van der Waals surface area contributed by atoms with E-state index in [0.29, 0.717) is 5.56 Å². The number of hydrogen-bond donors (Lipinski definition) is 1. The highest BCUT2D eigenvalue weighted by Crippen LogP contribution is 2.36. The Morgan fingerprint density at radius 2 is 2.00 bits per heavy atom. The lowest BCUT2D eigenvalue weighted by molar-refractivity contribution is 0.597. The fourth-order valence-electron chi connectivity index (χ4n) is 2.97. The van der Waals surface area contributed by atoms with Gasteiger partial charge < -0.3 is 5.73 Å². The highest BCUT2D eigenvalue weighted by Gasteiger charge is 2.22. The SMILES string of the molecule is Cc1cc(C)c(C(N)c2cc3c(s2)CCC3)c(F)c1. The number of thiophene rings is 1. The second-order valence-electron chi connectivity index (χ2n) is 5.41. The molecule has 1 unspecified atom stereocenters. The van der Waals surface area contributed by atoms with E-state index in [4.69, 9.17) is 5.73 Å². The first-order chi connectivity index (χ1) is 9.06. The van der Waals surface area contributed by atoms with Crippen LogP contribution in [0.4, 0.5) is 4.39 Å². The molecular weight excluding hydrogens is 257 g/mol. The second kappa shape index (κ2) is 4.73. The van der Waals surface area contributed by atoms with Crippen LogP contribution in [-0.2, 0) is 12.8 Å². The van der Waals surface area contributed by atoms with E-state index >= 15 is 0 Å². The molecule has 0 saturated carbocycles. The summed E-state index contributed by atoms with van der Waals surface area (Å²) in [5.74, 6) is -0.182.